The Kier molecular flexibility index (Phi) is 4.50. The summed E-state index contributed by atoms with van der Waals surface area (Å²) in [6.07, 6.45) is 4.88. The molecule has 1 aliphatic rings. The number of hydrogen-bond donors (Lipinski definition) is 1. The van der Waals surface area contributed by atoms with E-state index in [2.05, 4.69) is 29.0 Å². The fraction of sp³-hybridized carbons (Fsp3) is 0.588. The quantitative estimate of drug-likeness (QED) is 0.942. The molecule has 1 amide bonds. The summed E-state index contributed by atoms with van der Waals surface area (Å²) in [7, 11) is 1.91. The number of piperidine rings is 1. The Morgan fingerprint density at radius 2 is 2.13 bits per heavy atom. The third kappa shape index (κ3) is 3.46. The number of aryl methyl sites for hydroxylation is 1. The molecule has 0 atom stereocenters. The van der Waals surface area contributed by atoms with Crippen LogP contribution in [-0.4, -0.2) is 43.6 Å². The highest BCUT2D eigenvalue weighted by Crippen LogP contribution is 2.22. The Bertz CT molecular complexity index is 664. The molecule has 6 heteroatoms. The summed E-state index contributed by atoms with van der Waals surface area (Å²) in [5, 5.41) is 7.32. The minimum absolute atomic E-state index is 0.137. The highest BCUT2D eigenvalue weighted by atomic mass is 16.2. The predicted molar refractivity (Wildman–Crippen MR) is 88.2 cm³/mol. The summed E-state index contributed by atoms with van der Waals surface area (Å²) in [5.41, 5.74) is 0.764. The van der Waals surface area contributed by atoms with Gasteiger partial charge in [0.25, 0.3) is 5.91 Å². The van der Waals surface area contributed by atoms with E-state index in [1.165, 1.54) is 0 Å². The molecule has 0 aliphatic carbocycles. The second kappa shape index (κ2) is 6.56. The molecule has 124 valence electrons. The lowest BCUT2D eigenvalue weighted by Gasteiger charge is -2.31. The third-order valence-corrected chi connectivity index (χ3v) is 4.61. The molecule has 0 aromatic carbocycles. The maximum absolute atomic E-state index is 12.5. The number of aromatic amines is 1. The molecular formula is C17H25N5O. The van der Waals surface area contributed by atoms with Gasteiger partial charge in [-0.05, 0) is 30.9 Å². The van der Waals surface area contributed by atoms with E-state index in [1.54, 1.807) is 0 Å². The Morgan fingerprint density at radius 1 is 1.39 bits per heavy atom. The van der Waals surface area contributed by atoms with Crippen molar-refractivity contribution in [1.29, 1.82) is 0 Å². The predicted octanol–water partition coefficient (Wildman–Crippen LogP) is 2.36. The molecular weight excluding hydrogens is 290 g/mol. The first kappa shape index (κ1) is 15.8. The average Bonchev–Trinajstić information content (AvgIpc) is 3.16. The van der Waals surface area contributed by atoms with Gasteiger partial charge in [-0.3, -0.25) is 9.89 Å². The summed E-state index contributed by atoms with van der Waals surface area (Å²) in [5.74, 6) is 2.92. The number of nitrogens with one attached hydrogen (secondary N) is 1. The van der Waals surface area contributed by atoms with Crippen molar-refractivity contribution < 1.29 is 4.79 Å². The highest BCUT2D eigenvalue weighted by Gasteiger charge is 2.25. The van der Waals surface area contributed by atoms with Crippen LogP contribution < -0.4 is 0 Å². The van der Waals surface area contributed by atoms with Crippen LogP contribution in [0.4, 0.5) is 0 Å². The van der Waals surface area contributed by atoms with Gasteiger partial charge in [-0.1, -0.05) is 13.8 Å². The average molecular weight is 315 g/mol. The molecule has 0 spiro atoms. The van der Waals surface area contributed by atoms with Crippen molar-refractivity contribution in [2.24, 2.45) is 13.0 Å². The topological polar surface area (TPSA) is 66.8 Å². The van der Waals surface area contributed by atoms with E-state index < -0.39 is 0 Å². The molecule has 2 aromatic heterocycles. The monoisotopic (exact) mass is 315 g/mol. The number of carbonyl (C=O) groups excluding carboxylic acids is 1. The molecule has 0 bridgehead atoms. The maximum atomic E-state index is 12.5. The number of H-pyrrole nitrogens is 1. The van der Waals surface area contributed by atoms with Gasteiger partial charge in [0, 0.05) is 38.7 Å². The number of rotatable bonds is 4. The van der Waals surface area contributed by atoms with E-state index in [1.807, 2.05) is 34.8 Å². The molecule has 0 saturated carbocycles. The van der Waals surface area contributed by atoms with Crippen LogP contribution in [0.15, 0.2) is 18.3 Å². The number of amides is 1. The van der Waals surface area contributed by atoms with Gasteiger partial charge in [0.2, 0.25) is 0 Å². The molecule has 1 aliphatic heterocycles. The Hall–Kier alpha value is -2.11. The summed E-state index contributed by atoms with van der Waals surface area (Å²) < 4.78 is 1.89. The van der Waals surface area contributed by atoms with Gasteiger partial charge in [0.05, 0.1) is 0 Å². The van der Waals surface area contributed by atoms with E-state index in [9.17, 15) is 4.79 Å². The highest BCUT2D eigenvalue weighted by molar-refractivity contribution is 5.92. The van der Waals surface area contributed by atoms with Gasteiger partial charge in [-0.15, -0.1) is 0 Å². The molecule has 1 saturated heterocycles. The first-order valence-electron chi connectivity index (χ1n) is 8.36. The Labute approximate surface area is 136 Å². The van der Waals surface area contributed by atoms with Gasteiger partial charge in [0.15, 0.2) is 5.82 Å². The van der Waals surface area contributed by atoms with Gasteiger partial charge in [-0.25, -0.2) is 4.98 Å². The zero-order chi connectivity index (χ0) is 16.4. The normalized spacial score (nSPS) is 16.3. The lowest BCUT2D eigenvalue weighted by Crippen LogP contribution is -2.39. The number of nitrogens with zero attached hydrogens (tertiary/aromatic N) is 4. The van der Waals surface area contributed by atoms with Gasteiger partial charge >= 0.3 is 0 Å². The first-order chi connectivity index (χ1) is 11.0. The minimum atomic E-state index is 0.137. The molecule has 0 unspecified atom stereocenters. The Balaban J connectivity index is 1.54. The second-order valence-electron chi connectivity index (χ2n) is 6.74. The zero-order valence-corrected chi connectivity index (χ0v) is 14.1. The van der Waals surface area contributed by atoms with E-state index in [4.69, 9.17) is 0 Å². The largest absolute Gasteiger partial charge is 0.347 e. The van der Waals surface area contributed by atoms with Crippen LogP contribution in [0.25, 0.3) is 0 Å². The molecule has 6 nitrogen and oxygen atoms in total. The van der Waals surface area contributed by atoms with Gasteiger partial charge in [0.1, 0.15) is 11.5 Å². The van der Waals surface area contributed by atoms with Crippen molar-refractivity contribution in [3.8, 4) is 0 Å². The standard InChI is InChI=1S/C17H25N5O/c1-12(2)16-18-15(19-20-16)11-13-6-9-22(10-7-13)17(23)14-5-4-8-21(14)3/h4-5,8,12-13H,6-7,9-11H2,1-3H3,(H,18,19,20). The van der Waals surface area contributed by atoms with Crippen molar-refractivity contribution in [1.82, 2.24) is 24.6 Å². The molecule has 1 fully saturated rings. The van der Waals surface area contributed by atoms with E-state index >= 15 is 0 Å². The summed E-state index contributed by atoms with van der Waals surface area (Å²) in [6.45, 7) is 5.83. The third-order valence-electron chi connectivity index (χ3n) is 4.61. The molecule has 23 heavy (non-hydrogen) atoms. The molecule has 1 N–H and O–H groups in total. The van der Waals surface area contributed by atoms with Crippen LogP contribution in [0.2, 0.25) is 0 Å². The maximum Gasteiger partial charge on any atom is 0.270 e. The summed E-state index contributed by atoms with van der Waals surface area (Å²) >= 11 is 0. The second-order valence-corrected chi connectivity index (χ2v) is 6.74. The van der Waals surface area contributed by atoms with E-state index in [0.29, 0.717) is 11.8 Å². The lowest BCUT2D eigenvalue weighted by atomic mass is 9.93. The SMILES string of the molecule is CC(C)c1n[nH]c(CC2CCN(C(=O)c3cccn3C)CC2)n1. The van der Waals surface area contributed by atoms with Crippen LogP contribution in [-0.2, 0) is 13.5 Å². The Morgan fingerprint density at radius 3 is 2.70 bits per heavy atom. The van der Waals surface area contributed by atoms with Crippen molar-refractivity contribution in [2.45, 2.75) is 39.0 Å². The number of aromatic nitrogens is 4. The van der Waals surface area contributed by atoms with Crippen molar-refractivity contribution >= 4 is 5.91 Å². The fourth-order valence-electron chi connectivity index (χ4n) is 3.12. The lowest BCUT2D eigenvalue weighted by molar-refractivity contribution is 0.0680. The number of hydrogen-bond acceptors (Lipinski definition) is 3. The number of likely N-dealkylation sites (tertiary alicyclic amines) is 1. The van der Waals surface area contributed by atoms with Crippen molar-refractivity contribution in [3.05, 3.63) is 35.7 Å². The molecule has 0 radical (unpaired) electrons. The van der Waals surface area contributed by atoms with E-state index in [0.717, 1.165) is 49.7 Å². The van der Waals surface area contributed by atoms with Crippen LogP contribution in [0, 0.1) is 5.92 Å². The van der Waals surface area contributed by atoms with Crippen molar-refractivity contribution in [3.63, 3.8) is 0 Å². The van der Waals surface area contributed by atoms with Crippen LogP contribution in [0.5, 0.6) is 0 Å². The summed E-state index contributed by atoms with van der Waals surface area (Å²) in [6, 6.07) is 3.80. The molecule has 2 aromatic rings. The fourth-order valence-corrected chi connectivity index (χ4v) is 3.12. The first-order valence-corrected chi connectivity index (χ1v) is 8.36. The van der Waals surface area contributed by atoms with Gasteiger partial charge < -0.3 is 9.47 Å². The van der Waals surface area contributed by atoms with Gasteiger partial charge in [-0.2, -0.15) is 5.10 Å². The molecule has 3 rings (SSSR count). The van der Waals surface area contributed by atoms with Crippen LogP contribution in [0.3, 0.4) is 0 Å². The number of carbonyl (C=O) groups is 1. The van der Waals surface area contributed by atoms with Crippen LogP contribution in [0.1, 0.15) is 54.7 Å². The summed E-state index contributed by atoms with van der Waals surface area (Å²) in [4.78, 5) is 19.0. The molecule has 3 heterocycles. The minimum Gasteiger partial charge on any atom is -0.347 e. The van der Waals surface area contributed by atoms with Crippen molar-refractivity contribution in [2.75, 3.05) is 13.1 Å². The van der Waals surface area contributed by atoms with Crippen LogP contribution >= 0.6 is 0 Å². The van der Waals surface area contributed by atoms with E-state index in [-0.39, 0.29) is 5.91 Å². The smallest absolute Gasteiger partial charge is 0.270 e. The zero-order valence-electron chi connectivity index (χ0n) is 14.1.